The van der Waals surface area contributed by atoms with Crippen LogP contribution in [-0.4, -0.2) is 0 Å². The van der Waals surface area contributed by atoms with Crippen molar-refractivity contribution in [3.05, 3.63) is 169 Å². The number of hydrogen-bond acceptors (Lipinski definition) is 0. The third-order valence-corrected chi connectivity index (χ3v) is 11.2. The quantitative estimate of drug-likeness (QED) is 0.166. The predicted octanol–water partition coefficient (Wildman–Crippen LogP) is 14.2. The van der Waals surface area contributed by atoms with Gasteiger partial charge in [0.05, 0.1) is 0 Å². The Morgan fingerprint density at radius 1 is 0.300 bits per heavy atom. The van der Waals surface area contributed by atoms with Crippen LogP contribution in [0.2, 0.25) is 0 Å². The van der Waals surface area contributed by atoms with Crippen LogP contribution in [0, 0.1) is 13.8 Å². The van der Waals surface area contributed by atoms with Crippen LogP contribution in [0.5, 0.6) is 0 Å². The molecule has 0 heterocycles. The van der Waals surface area contributed by atoms with E-state index in [1.54, 1.807) is 0 Å². The van der Waals surface area contributed by atoms with Crippen molar-refractivity contribution in [2.75, 3.05) is 0 Å². The molecule has 50 heavy (non-hydrogen) atoms. The van der Waals surface area contributed by atoms with Gasteiger partial charge in [0.1, 0.15) is 0 Å². The Labute approximate surface area is 290 Å². The number of fused-ring (bicyclic) bond motifs is 8. The summed E-state index contributed by atoms with van der Waals surface area (Å²) in [5.41, 5.74) is 13.1. The van der Waals surface area contributed by atoms with Crippen LogP contribution in [0.4, 0.5) is 0 Å². The van der Waals surface area contributed by atoms with Gasteiger partial charge < -0.3 is 0 Å². The van der Waals surface area contributed by atoms with Crippen molar-refractivity contribution < 1.29 is 0 Å². The minimum Gasteiger partial charge on any atom is -0.0616 e. The molecule has 10 aromatic rings. The number of benzene rings is 10. The van der Waals surface area contributed by atoms with E-state index in [2.05, 4.69) is 172 Å². The van der Waals surface area contributed by atoms with Crippen LogP contribution in [-0.2, 0) is 0 Å². The third-order valence-electron chi connectivity index (χ3n) is 11.2. The Morgan fingerprint density at radius 3 is 1.42 bits per heavy atom. The summed E-state index contributed by atoms with van der Waals surface area (Å²) >= 11 is 0. The molecule has 0 aliphatic heterocycles. The van der Waals surface area contributed by atoms with E-state index in [1.165, 1.54) is 120 Å². The lowest BCUT2D eigenvalue weighted by Crippen LogP contribution is -1.94. The van der Waals surface area contributed by atoms with Crippen molar-refractivity contribution >= 4 is 64.6 Å². The number of aryl methyl sites for hydroxylation is 2. The Bertz CT molecular complexity index is 3100. The Morgan fingerprint density at radius 2 is 0.820 bits per heavy atom. The first-order valence-corrected chi connectivity index (χ1v) is 17.6. The van der Waals surface area contributed by atoms with E-state index in [1.807, 2.05) is 0 Å². The van der Waals surface area contributed by atoms with E-state index in [0.29, 0.717) is 0 Å². The van der Waals surface area contributed by atoms with Gasteiger partial charge >= 0.3 is 0 Å². The summed E-state index contributed by atoms with van der Waals surface area (Å²) in [5.74, 6) is 0. The zero-order valence-corrected chi connectivity index (χ0v) is 28.0. The SMILES string of the molecule is Cc1ccc2c(-c3ccc4cc5ccccc5cc4c3)c3c(c(-c4ccc5cc6ccccc6cc5c4)c2c1)-c1cccc2c(C)ccc-3c12. The number of rotatable bonds is 2. The molecular weight excluding hydrogens is 601 g/mol. The molecule has 11 rings (SSSR count). The minimum atomic E-state index is 1.26. The van der Waals surface area contributed by atoms with Gasteiger partial charge in [-0.2, -0.15) is 0 Å². The molecule has 0 bridgehead atoms. The second-order valence-electron chi connectivity index (χ2n) is 14.2. The maximum absolute atomic E-state index is 2.42. The molecular formula is C50H32. The molecule has 0 fully saturated rings. The zero-order chi connectivity index (χ0) is 33.1. The highest BCUT2D eigenvalue weighted by atomic mass is 14.3. The Kier molecular flexibility index (Phi) is 5.61. The highest BCUT2D eigenvalue weighted by Crippen LogP contribution is 2.58. The Balaban J connectivity index is 1.29. The van der Waals surface area contributed by atoms with Gasteiger partial charge in [0.25, 0.3) is 0 Å². The molecule has 0 N–H and O–H groups in total. The van der Waals surface area contributed by atoms with Crippen molar-refractivity contribution in [2.45, 2.75) is 13.8 Å². The topological polar surface area (TPSA) is 0 Å². The molecule has 0 radical (unpaired) electrons. The van der Waals surface area contributed by atoms with E-state index >= 15 is 0 Å². The fourth-order valence-corrected chi connectivity index (χ4v) is 8.90. The van der Waals surface area contributed by atoms with E-state index in [-0.39, 0.29) is 0 Å². The summed E-state index contributed by atoms with van der Waals surface area (Å²) < 4.78 is 0. The van der Waals surface area contributed by atoms with Crippen LogP contribution >= 0.6 is 0 Å². The molecule has 0 heteroatoms. The van der Waals surface area contributed by atoms with Gasteiger partial charge in [-0.3, -0.25) is 0 Å². The normalized spacial score (nSPS) is 12.2. The summed E-state index contributed by atoms with van der Waals surface area (Å²) in [4.78, 5) is 0. The molecule has 1 aliphatic rings. The van der Waals surface area contributed by atoms with Gasteiger partial charge in [0, 0.05) is 0 Å². The summed E-state index contributed by atoms with van der Waals surface area (Å²) in [7, 11) is 0. The second-order valence-corrected chi connectivity index (χ2v) is 14.2. The van der Waals surface area contributed by atoms with Crippen molar-refractivity contribution in [2.24, 2.45) is 0 Å². The average molecular weight is 633 g/mol. The fourth-order valence-electron chi connectivity index (χ4n) is 8.90. The summed E-state index contributed by atoms with van der Waals surface area (Å²) in [6.07, 6.45) is 0. The largest absolute Gasteiger partial charge is 0.0616 e. The highest BCUT2D eigenvalue weighted by molar-refractivity contribution is 6.28. The van der Waals surface area contributed by atoms with Crippen LogP contribution < -0.4 is 0 Å². The molecule has 0 spiro atoms. The van der Waals surface area contributed by atoms with Gasteiger partial charge in [0.15, 0.2) is 0 Å². The lowest BCUT2D eigenvalue weighted by atomic mass is 9.81. The lowest BCUT2D eigenvalue weighted by Gasteiger charge is -2.21. The molecule has 1 aliphatic carbocycles. The molecule has 0 atom stereocenters. The smallest absolute Gasteiger partial charge is 0.000741 e. The van der Waals surface area contributed by atoms with Crippen LogP contribution in [0.3, 0.4) is 0 Å². The van der Waals surface area contributed by atoms with Crippen molar-refractivity contribution in [3.8, 4) is 44.5 Å². The number of hydrogen-bond donors (Lipinski definition) is 0. The molecule has 0 nitrogen and oxygen atoms in total. The van der Waals surface area contributed by atoms with E-state index in [9.17, 15) is 0 Å². The van der Waals surface area contributed by atoms with Gasteiger partial charge in [0.2, 0.25) is 0 Å². The molecule has 10 aromatic carbocycles. The van der Waals surface area contributed by atoms with Crippen LogP contribution in [0.15, 0.2) is 158 Å². The van der Waals surface area contributed by atoms with Crippen LogP contribution in [0.25, 0.3) is 109 Å². The third kappa shape index (κ3) is 3.88. The molecule has 0 unspecified atom stereocenters. The minimum absolute atomic E-state index is 1.26. The zero-order valence-electron chi connectivity index (χ0n) is 28.0. The van der Waals surface area contributed by atoms with Gasteiger partial charge in [-0.25, -0.2) is 0 Å². The first kappa shape index (κ1) is 27.7. The molecule has 0 amide bonds. The summed E-state index contributed by atoms with van der Waals surface area (Å²) in [5, 5.41) is 15.5. The van der Waals surface area contributed by atoms with Crippen molar-refractivity contribution in [1.82, 2.24) is 0 Å². The maximum atomic E-state index is 2.42. The highest BCUT2D eigenvalue weighted by Gasteiger charge is 2.31. The predicted molar refractivity (Wildman–Crippen MR) is 216 cm³/mol. The molecule has 0 saturated carbocycles. The van der Waals surface area contributed by atoms with Crippen molar-refractivity contribution in [1.29, 1.82) is 0 Å². The molecule has 0 aromatic heterocycles. The summed E-state index contributed by atoms with van der Waals surface area (Å²) in [6.45, 7) is 4.47. The standard InChI is InChI=1S/C50H32/c1-29-14-20-42-45(22-29)47(38-19-17-36-24-32-9-4-6-11-34(32)26-40(36)28-38)49-43-13-7-12-41-30(2)15-21-44(48(41)43)50(49)46(42)37-18-16-35-23-31-8-3-5-10-33(31)25-39(35)27-37/h3-28H,1-2H3. The average Bonchev–Trinajstić information content (AvgIpc) is 3.47. The van der Waals surface area contributed by atoms with Gasteiger partial charge in [-0.05, 0) is 165 Å². The lowest BCUT2D eigenvalue weighted by molar-refractivity contribution is 1.50. The molecule has 232 valence electrons. The first-order chi connectivity index (χ1) is 24.6. The first-order valence-electron chi connectivity index (χ1n) is 17.6. The summed E-state index contributed by atoms with van der Waals surface area (Å²) in [6, 6.07) is 59.6. The van der Waals surface area contributed by atoms with Crippen molar-refractivity contribution in [3.63, 3.8) is 0 Å². The van der Waals surface area contributed by atoms with Gasteiger partial charge in [-0.15, -0.1) is 0 Å². The monoisotopic (exact) mass is 632 g/mol. The molecule has 0 saturated heterocycles. The van der Waals surface area contributed by atoms with Gasteiger partial charge in [-0.1, -0.05) is 127 Å². The van der Waals surface area contributed by atoms with Crippen LogP contribution in [0.1, 0.15) is 11.1 Å². The van der Waals surface area contributed by atoms with E-state index in [0.717, 1.165) is 0 Å². The fraction of sp³-hybridized carbons (Fsp3) is 0.0400. The maximum Gasteiger partial charge on any atom is -0.000741 e. The Hall–Kier alpha value is -6.24. The second kappa shape index (κ2) is 10.1. The van der Waals surface area contributed by atoms with E-state index < -0.39 is 0 Å². The van der Waals surface area contributed by atoms with E-state index in [4.69, 9.17) is 0 Å².